The maximum Gasteiger partial charge on any atom is 0.281 e. The molecule has 0 aliphatic heterocycles. The first-order chi connectivity index (χ1) is 14.0. The Morgan fingerprint density at radius 2 is 1.86 bits per heavy atom. The fourth-order valence-corrected chi connectivity index (χ4v) is 3.82. The Kier molecular flexibility index (Phi) is 5.33. The molecule has 29 heavy (non-hydrogen) atoms. The molecule has 0 spiro atoms. The Bertz CT molecular complexity index is 1150. The molecule has 0 aliphatic carbocycles. The largest absolute Gasteiger partial charge is 0.493 e. The number of aryl methyl sites for hydroxylation is 1. The number of nitrogens with one attached hydrogen (secondary N) is 1. The second kappa shape index (κ2) is 8.06. The van der Waals surface area contributed by atoms with E-state index in [1.54, 1.807) is 10.9 Å². The van der Waals surface area contributed by atoms with Gasteiger partial charge in [0.15, 0.2) is 16.6 Å². The van der Waals surface area contributed by atoms with Crippen LogP contribution in [0.15, 0.2) is 60.8 Å². The number of methoxy groups -OCH3 is 1. The maximum absolute atomic E-state index is 12.8. The lowest BCUT2D eigenvalue weighted by molar-refractivity contribution is 0.101. The number of amides is 1. The Balaban J connectivity index is 1.59. The number of anilines is 1. The van der Waals surface area contributed by atoms with Crippen LogP contribution in [0.4, 0.5) is 5.13 Å². The Morgan fingerprint density at radius 1 is 1.14 bits per heavy atom. The molecular formula is C21H17ClN4O2S. The molecule has 0 bridgehead atoms. The molecule has 0 fully saturated rings. The number of halogens is 1. The predicted octanol–water partition coefficient (Wildman–Crippen LogP) is 5.22. The molecule has 0 radical (unpaired) electrons. The number of thiazole rings is 1. The van der Waals surface area contributed by atoms with E-state index in [-0.39, 0.29) is 11.6 Å². The summed E-state index contributed by atoms with van der Waals surface area (Å²) in [6, 6.07) is 17.0. The minimum Gasteiger partial charge on any atom is -0.493 e. The molecule has 0 atom stereocenters. The van der Waals surface area contributed by atoms with Gasteiger partial charge in [-0.3, -0.25) is 10.1 Å². The number of aromatic nitrogens is 3. The van der Waals surface area contributed by atoms with Crippen molar-refractivity contribution in [3.05, 3.63) is 76.4 Å². The first-order valence-corrected chi connectivity index (χ1v) is 9.98. The zero-order valence-corrected chi connectivity index (χ0v) is 17.3. The SMILES string of the molecule is COc1cn(-c2ccccc2)nc1C(=O)Nc1nc(-c2ccc(Cl)cc2)c(C)s1. The second-order valence-electron chi connectivity index (χ2n) is 6.21. The van der Waals surface area contributed by atoms with Gasteiger partial charge in [-0.1, -0.05) is 41.9 Å². The van der Waals surface area contributed by atoms with Crippen molar-refractivity contribution in [3.63, 3.8) is 0 Å². The number of hydrogen-bond donors (Lipinski definition) is 1. The molecule has 6 nitrogen and oxygen atoms in total. The number of rotatable bonds is 5. The van der Waals surface area contributed by atoms with Crippen LogP contribution in [0.25, 0.3) is 16.9 Å². The van der Waals surface area contributed by atoms with Crippen LogP contribution < -0.4 is 10.1 Å². The number of nitrogens with zero attached hydrogens (tertiary/aromatic N) is 3. The molecule has 146 valence electrons. The number of ether oxygens (including phenoxy) is 1. The lowest BCUT2D eigenvalue weighted by Crippen LogP contribution is -2.14. The highest BCUT2D eigenvalue weighted by Gasteiger charge is 2.20. The predicted molar refractivity (Wildman–Crippen MR) is 115 cm³/mol. The normalized spacial score (nSPS) is 10.7. The monoisotopic (exact) mass is 424 g/mol. The Morgan fingerprint density at radius 3 is 2.55 bits per heavy atom. The van der Waals surface area contributed by atoms with Gasteiger partial charge in [0.1, 0.15) is 0 Å². The van der Waals surface area contributed by atoms with Crippen molar-refractivity contribution >= 4 is 34.0 Å². The highest BCUT2D eigenvalue weighted by molar-refractivity contribution is 7.16. The van der Waals surface area contributed by atoms with Gasteiger partial charge in [-0.2, -0.15) is 5.10 Å². The summed E-state index contributed by atoms with van der Waals surface area (Å²) >= 11 is 7.36. The summed E-state index contributed by atoms with van der Waals surface area (Å²) in [5, 5.41) is 8.37. The zero-order valence-electron chi connectivity index (χ0n) is 15.7. The smallest absolute Gasteiger partial charge is 0.281 e. The fourth-order valence-electron chi connectivity index (χ4n) is 2.86. The van der Waals surface area contributed by atoms with Crippen molar-refractivity contribution in [2.45, 2.75) is 6.92 Å². The standard InChI is InChI=1S/C21H17ClN4O2S/c1-13-18(14-8-10-15(22)11-9-14)23-21(29-13)24-20(27)19-17(28-2)12-26(25-19)16-6-4-3-5-7-16/h3-12H,1-2H3,(H,23,24,27). The molecule has 4 aromatic rings. The summed E-state index contributed by atoms with van der Waals surface area (Å²) in [4.78, 5) is 18.4. The Labute approximate surface area is 176 Å². The fraction of sp³-hybridized carbons (Fsp3) is 0.0952. The van der Waals surface area contributed by atoms with E-state index >= 15 is 0 Å². The third-order valence-electron chi connectivity index (χ3n) is 4.27. The van der Waals surface area contributed by atoms with Gasteiger partial charge in [0.25, 0.3) is 5.91 Å². The molecule has 8 heteroatoms. The van der Waals surface area contributed by atoms with Crippen molar-refractivity contribution in [1.82, 2.24) is 14.8 Å². The van der Waals surface area contributed by atoms with Crippen LogP contribution >= 0.6 is 22.9 Å². The summed E-state index contributed by atoms with van der Waals surface area (Å²) in [6.07, 6.45) is 1.68. The number of carbonyl (C=O) groups is 1. The zero-order chi connectivity index (χ0) is 20.4. The average Bonchev–Trinajstić information content (AvgIpc) is 3.33. The lowest BCUT2D eigenvalue weighted by atomic mass is 10.1. The van der Waals surface area contributed by atoms with E-state index in [2.05, 4.69) is 15.4 Å². The van der Waals surface area contributed by atoms with Gasteiger partial charge in [0.05, 0.1) is 24.7 Å². The van der Waals surface area contributed by atoms with Crippen LogP contribution in [0, 0.1) is 6.92 Å². The van der Waals surface area contributed by atoms with Crippen molar-refractivity contribution in [2.24, 2.45) is 0 Å². The molecule has 1 N–H and O–H groups in total. The van der Waals surface area contributed by atoms with Crippen LogP contribution in [-0.4, -0.2) is 27.8 Å². The van der Waals surface area contributed by atoms with Gasteiger partial charge in [0.2, 0.25) is 0 Å². The first kappa shape index (κ1) is 19.2. The molecule has 1 amide bonds. The van der Waals surface area contributed by atoms with E-state index < -0.39 is 0 Å². The molecular weight excluding hydrogens is 408 g/mol. The summed E-state index contributed by atoms with van der Waals surface area (Å²) in [6.45, 7) is 1.96. The van der Waals surface area contributed by atoms with E-state index in [4.69, 9.17) is 16.3 Å². The van der Waals surface area contributed by atoms with Crippen molar-refractivity contribution < 1.29 is 9.53 Å². The first-order valence-electron chi connectivity index (χ1n) is 8.79. The Hall–Kier alpha value is -3.16. The second-order valence-corrected chi connectivity index (χ2v) is 7.85. The molecule has 2 aromatic heterocycles. The minimum atomic E-state index is -0.382. The number of benzene rings is 2. The van der Waals surface area contributed by atoms with E-state index in [0.717, 1.165) is 21.8 Å². The number of carbonyl (C=O) groups excluding carboxylic acids is 1. The summed E-state index contributed by atoms with van der Waals surface area (Å²) in [5.41, 5.74) is 2.77. The van der Waals surface area contributed by atoms with Crippen molar-refractivity contribution in [1.29, 1.82) is 0 Å². The van der Waals surface area contributed by atoms with Gasteiger partial charge < -0.3 is 4.74 Å². The van der Waals surface area contributed by atoms with Crippen molar-refractivity contribution in [3.8, 4) is 22.7 Å². The van der Waals surface area contributed by atoms with Gasteiger partial charge in [-0.25, -0.2) is 9.67 Å². The van der Waals surface area contributed by atoms with E-state index in [9.17, 15) is 4.79 Å². The van der Waals surface area contributed by atoms with Crippen LogP contribution in [0.2, 0.25) is 5.02 Å². The molecule has 0 unspecified atom stereocenters. The van der Waals surface area contributed by atoms with Crippen molar-refractivity contribution in [2.75, 3.05) is 12.4 Å². The molecule has 4 rings (SSSR count). The number of hydrogen-bond acceptors (Lipinski definition) is 5. The van der Waals surface area contributed by atoms with Crippen LogP contribution in [0.3, 0.4) is 0 Å². The van der Waals surface area contributed by atoms with Gasteiger partial charge >= 0.3 is 0 Å². The van der Waals surface area contributed by atoms with E-state index in [0.29, 0.717) is 15.9 Å². The van der Waals surface area contributed by atoms with Crippen LogP contribution in [-0.2, 0) is 0 Å². The molecule has 0 saturated carbocycles. The quantitative estimate of drug-likeness (QED) is 0.477. The lowest BCUT2D eigenvalue weighted by Gasteiger charge is -2.01. The van der Waals surface area contributed by atoms with E-state index in [1.165, 1.54) is 18.4 Å². The van der Waals surface area contributed by atoms with Gasteiger partial charge in [-0.05, 0) is 31.2 Å². The number of para-hydroxylation sites is 1. The average molecular weight is 425 g/mol. The third-order valence-corrected chi connectivity index (χ3v) is 5.41. The van der Waals surface area contributed by atoms with Crippen LogP contribution in [0.5, 0.6) is 5.75 Å². The molecule has 2 aromatic carbocycles. The minimum absolute atomic E-state index is 0.192. The van der Waals surface area contributed by atoms with Crippen LogP contribution in [0.1, 0.15) is 15.4 Å². The summed E-state index contributed by atoms with van der Waals surface area (Å²) in [7, 11) is 1.51. The van der Waals surface area contributed by atoms with Gasteiger partial charge in [-0.15, -0.1) is 11.3 Å². The topological polar surface area (TPSA) is 69.0 Å². The summed E-state index contributed by atoms with van der Waals surface area (Å²) in [5.74, 6) is 0.00509. The third kappa shape index (κ3) is 4.01. The molecule has 2 heterocycles. The summed E-state index contributed by atoms with van der Waals surface area (Å²) < 4.78 is 6.95. The maximum atomic E-state index is 12.8. The highest BCUT2D eigenvalue weighted by Crippen LogP contribution is 2.31. The van der Waals surface area contributed by atoms with Gasteiger partial charge in [0, 0.05) is 15.5 Å². The van der Waals surface area contributed by atoms with E-state index in [1.807, 2.05) is 61.5 Å². The highest BCUT2D eigenvalue weighted by atomic mass is 35.5. The molecule has 0 aliphatic rings. The molecule has 0 saturated heterocycles.